The summed E-state index contributed by atoms with van der Waals surface area (Å²) >= 11 is 5.62. The first-order chi connectivity index (χ1) is 11.7. The highest BCUT2D eigenvalue weighted by atomic mass is 35.5. The first-order valence-electron chi connectivity index (χ1n) is 7.40. The number of aromatic nitrogens is 2. The molecule has 0 atom stereocenters. The van der Waals surface area contributed by atoms with Crippen molar-refractivity contribution in [3.05, 3.63) is 40.8 Å². The highest BCUT2D eigenvalue weighted by Gasteiger charge is 2.15. The lowest BCUT2D eigenvalue weighted by molar-refractivity contribution is 0.582. The second kappa shape index (κ2) is 7.94. The van der Waals surface area contributed by atoms with Crippen LogP contribution in [0.15, 0.2) is 29.2 Å². The Bertz CT molecular complexity index is 861. The van der Waals surface area contributed by atoms with Gasteiger partial charge in [-0.05, 0) is 25.1 Å². The van der Waals surface area contributed by atoms with Crippen LogP contribution in [0.3, 0.4) is 0 Å². The Balaban J connectivity index is 1.95. The van der Waals surface area contributed by atoms with Crippen molar-refractivity contribution >= 4 is 33.4 Å². The van der Waals surface area contributed by atoms with Gasteiger partial charge in [0, 0.05) is 38.9 Å². The van der Waals surface area contributed by atoms with Crippen molar-refractivity contribution in [1.29, 1.82) is 0 Å². The number of halogens is 2. The summed E-state index contributed by atoms with van der Waals surface area (Å²) in [5.74, 6) is 0.486. The van der Waals surface area contributed by atoms with E-state index in [2.05, 4.69) is 20.0 Å². The number of nitrogens with one attached hydrogen (secondary N) is 2. The minimum absolute atomic E-state index is 0.0967. The quantitative estimate of drug-likeness (QED) is 0.707. The van der Waals surface area contributed by atoms with Crippen molar-refractivity contribution in [2.45, 2.75) is 11.8 Å². The Morgan fingerprint density at radius 1 is 1.20 bits per heavy atom. The summed E-state index contributed by atoms with van der Waals surface area (Å²) in [6.07, 6.45) is 0. The van der Waals surface area contributed by atoms with Crippen LogP contribution in [0.2, 0.25) is 5.02 Å². The van der Waals surface area contributed by atoms with Crippen LogP contribution in [0, 0.1) is 12.7 Å². The molecule has 2 rings (SSSR count). The van der Waals surface area contributed by atoms with Crippen LogP contribution in [0.4, 0.5) is 16.2 Å². The average Bonchev–Trinajstić information content (AvgIpc) is 2.53. The number of hydrogen-bond donors (Lipinski definition) is 2. The smallest absolute Gasteiger partial charge is 0.240 e. The summed E-state index contributed by atoms with van der Waals surface area (Å²) in [6.45, 7) is 2.23. The summed E-state index contributed by atoms with van der Waals surface area (Å²) in [5.41, 5.74) is 0.794. The normalized spacial score (nSPS) is 11.4. The molecule has 7 nitrogen and oxygen atoms in total. The largest absolute Gasteiger partial charge is 0.363 e. The predicted molar refractivity (Wildman–Crippen MR) is 96.2 cm³/mol. The van der Waals surface area contributed by atoms with Crippen molar-refractivity contribution in [2.75, 3.05) is 37.4 Å². The molecule has 0 fully saturated rings. The average molecular weight is 388 g/mol. The predicted octanol–water partition coefficient (Wildman–Crippen LogP) is 2.03. The van der Waals surface area contributed by atoms with Gasteiger partial charge in [-0.2, -0.15) is 4.98 Å². The Morgan fingerprint density at radius 3 is 2.56 bits per heavy atom. The van der Waals surface area contributed by atoms with Crippen molar-refractivity contribution in [1.82, 2.24) is 14.7 Å². The van der Waals surface area contributed by atoms with Gasteiger partial charge in [0.25, 0.3) is 0 Å². The molecule has 0 radical (unpaired) electrons. The third-order valence-electron chi connectivity index (χ3n) is 3.20. The van der Waals surface area contributed by atoms with E-state index >= 15 is 0 Å². The van der Waals surface area contributed by atoms with Gasteiger partial charge in [0.15, 0.2) is 0 Å². The summed E-state index contributed by atoms with van der Waals surface area (Å²) in [6, 6.07) is 5.08. The number of sulfonamides is 1. The summed E-state index contributed by atoms with van der Waals surface area (Å²) < 4.78 is 39.8. The van der Waals surface area contributed by atoms with Crippen LogP contribution in [-0.4, -0.2) is 45.6 Å². The molecule has 1 aromatic heterocycles. The van der Waals surface area contributed by atoms with Gasteiger partial charge in [-0.3, -0.25) is 0 Å². The SMILES string of the molecule is Cc1cc(N(C)C)nc(NCCNS(=O)(=O)c2ccc(F)c(Cl)c2)n1. The molecule has 25 heavy (non-hydrogen) atoms. The summed E-state index contributed by atoms with van der Waals surface area (Å²) in [5, 5.41) is 2.72. The fourth-order valence-corrected chi connectivity index (χ4v) is 3.25. The van der Waals surface area contributed by atoms with E-state index in [1.54, 1.807) is 0 Å². The van der Waals surface area contributed by atoms with Gasteiger partial charge in [-0.15, -0.1) is 0 Å². The zero-order valence-corrected chi connectivity index (χ0v) is 15.6. The topological polar surface area (TPSA) is 87.2 Å². The number of rotatable bonds is 7. The van der Waals surface area contributed by atoms with Crippen LogP contribution >= 0.6 is 11.6 Å². The molecule has 0 aliphatic heterocycles. The Kier molecular flexibility index (Phi) is 6.15. The van der Waals surface area contributed by atoms with Gasteiger partial charge < -0.3 is 10.2 Å². The van der Waals surface area contributed by atoms with Gasteiger partial charge >= 0.3 is 0 Å². The number of benzene rings is 1. The van der Waals surface area contributed by atoms with E-state index in [1.165, 1.54) is 0 Å². The number of hydrogen-bond acceptors (Lipinski definition) is 6. The second-order valence-corrected chi connectivity index (χ2v) is 7.66. The van der Waals surface area contributed by atoms with Crippen LogP contribution in [-0.2, 0) is 10.0 Å². The Hall–Kier alpha value is -1.97. The van der Waals surface area contributed by atoms with E-state index in [9.17, 15) is 12.8 Å². The molecule has 0 unspecified atom stereocenters. The fourth-order valence-electron chi connectivity index (χ4n) is 1.95. The monoisotopic (exact) mass is 387 g/mol. The van der Waals surface area contributed by atoms with Crippen LogP contribution in [0.1, 0.15) is 5.69 Å². The van der Waals surface area contributed by atoms with Gasteiger partial charge in [-0.1, -0.05) is 11.6 Å². The minimum atomic E-state index is -3.77. The number of aryl methyl sites for hydroxylation is 1. The highest BCUT2D eigenvalue weighted by molar-refractivity contribution is 7.89. The summed E-state index contributed by atoms with van der Waals surface area (Å²) in [7, 11) is -0.0368. The summed E-state index contributed by atoms with van der Waals surface area (Å²) in [4.78, 5) is 10.3. The highest BCUT2D eigenvalue weighted by Crippen LogP contribution is 2.19. The zero-order valence-electron chi connectivity index (χ0n) is 14.0. The van der Waals surface area contributed by atoms with E-state index in [0.717, 1.165) is 29.7 Å². The molecule has 2 aromatic rings. The maximum absolute atomic E-state index is 13.1. The van der Waals surface area contributed by atoms with Gasteiger partial charge in [0.1, 0.15) is 11.6 Å². The Labute approximate surface area is 151 Å². The molecule has 2 N–H and O–H groups in total. The third kappa shape index (κ3) is 5.25. The van der Waals surface area contributed by atoms with Gasteiger partial charge in [0.2, 0.25) is 16.0 Å². The van der Waals surface area contributed by atoms with E-state index in [-0.39, 0.29) is 23.0 Å². The van der Waals surface area contributed by atoms with E-state index in [0.29, 0.717) is 5.95 Å². The lowest BCUT2D eigenvalue weighted by Gasteiger charge is -2.14. The molecule has 136 valence electrons. The van der Waals surface area contributed by atoms with Crippen molar-refractivity contribution < 1.29 is 12.8 Å². The minimum Gasteiger partial charge on any atom is -0.363 e. The van der Waals surface area contributed by atoms with E-state index < -0.39 is 15.8 Å². The fraction of sp³-hybridized carbons (Fsp3) is 0.333. The van der Waals surface area contributed by atoms with Crippen molar-refractivity contribution in [2.24, 2.45) is 0 Å². The number of anilines is 2. The van der Waals surface area contributed by atoms with Crippen LogP contribution in [0.25, 0.3) is 0 Å². The molecule has 0 bridgehead atoms. The molecular formula is C15H19ClFN5O2S. The molecule has 1 heterocycles. The molecule has 0 saturated carbocycles. The molecule has 0 amide bonds. The molecule has 0 spiro atoms. The molecule has 10 heteroatoms. The first-order valence-corrected chi connectivity index (χ1v) is 9.27. The van der Waals surface area contributed by atoms with Gasteiger partial charge in [0.05, 0.1) is 9.92 Å². The van der Waals surface area contributed by atoms with Crippen molar-refractivity contribution in [3.63, 3.8) is 0 Å². The standard InChI is InChI=1S/C15H19ClFN5O2S/c1-10-8-14(22(2)3)21-15(20-10)18-6-7-19-25(23,24)11-4-5-13(17)12(16)9-11/h4-5,8-9,19H,6-7H2,1-3H3,(H,18,20,21). The Morgan fingerprint density at radius 2 is 1.92 bits per heavy atom. The third-order valence-corrected chi connectivity index (χ3v) is 4.95. The molecule has 0 aliphatic rings. The van der Waals surface area contributed by atoms with Gasteiger partial charge in [-0.25, -0.2) is 22.5 Å². The maximum Gasteiger partial charge on any atom is 0.240 e. The lowest BCUT2D eigenvalue weighted by Crippen LogP contribution is -2.29. The molecule has 0 aliphatic carbocycles. The molecule has 0 saturated heterocycles. The van der Waals surface area contributed by atoms with E-state index in [4.69, 9.17) is 11.6 Å². The number of nitrogens with zero attached hydrogens (tertiary/aromatic N) is 3. The maximum atomic E-state index is 13.1. The van der Waals surface area contributed by atoms with Crippen molar-refractivity contribution in [3.8, 4) is 0 Å². The second-order valence-electron chi connectivity index (χ2n) is 5.49. The zero-order chi connectivity index (χ0) is 18.6. The van der Waals surface area contributed by atoms with Crippen LogP contribution in [0.5, 0.6) is 0 Å². The lowest BCUT2D eigenvalue weighted by atomic mass is 10.3. The van der Waals surface area contributed by atoms with E-state index in [1.807, 2.05) is 32.0 Å². The molecule has 1 aromatic carbocycles. The first kappa shape index (κ1) is 19.4. The van der Waals surface area contributed by atoms with Crippen LogP contribution < -0.4 is 14.9 Å². The molecular weight excluding hydrogens is 369 g/mol.